The van der Waals surface area contributed by atoms with Crippen molar-refractivity contribution in [2.75, 3.05) is 25.2 Å². The van der Waals surface area contributed by atoms with Gasteiger partial charge in [0.1, 0.15) is 17.3 Å². The number of ether oxygens (including phenoxy) is 1. The smallest absolute Gasteiger partial charge is 0.137 e. The first-order chi connectivity index (χ1) is 7.61. The zero-order valence-corrected chi connectivity index (χ0v) is 11.0. The molecule has 0 fully saturated rings. The van der Waals surface area contributed by atoms with Gasteiger partial charge in [-0.2, -0.15) is 0 Å². The van der Waals surface area contributed by atoms with Gasteiger partial charge < -0.3 is 9.64 Å². The first-order valence-electron chi connectivity index (χ1n) is 5.34. The van der Waals surface area contributed by atoms with Gasteiger partial charge in [-0.1, -0.05) is 11.6 Å². The van der Waals surface area contributed by atoms with Crippen LogP contribution in [0.25, 0.3) is 0 Å². The standard InChI is InChI=1S/C11H18ClN3O/c1-5-15(8(2)6-16-4)11-9(3)10(12)13-7-14-11/h7-8H,5-6H2,1-4H3. The molecule has 0 amide bonds. The van der Waals surface area contributed by atoms with E-state index in [1.807, 2.05) is 6.92 Å². The van der Waals surface area contributed by atoms with Gasteiger partial charge in [-0.25, -0.2) is 9.97 Å². The Labute approximate surface area is 102 Å². The molecule has 0 saturated heterocycles. The summed E-state index contributed by atoms with van der Waals surface area (Å²) >= 11 is 5.99. The number of halogens is 1. The molecule has 0 bridgehead atoms. The average Bonchev–Trinajstić information content (AvgIpc) is 2.25. The number of methoxy groups -OCH3 is 1. The number of anilines is 1. The highest BCUT2D eigenvalue weighted by molar-refractivity contribution is 6.30. The maximum atomic E-state index is 5.99. The second-order valence-corrected chi connectivity index (χ2v) is 4.06. The summed E-state index contributed by atoms with van der Waals surface area (Å²) in [6.07, 6.45) is 1.49. The minimum absolute atomic E-state index is 0.264. The number of hydrogen-bond donors (Lipinski definition) is 0. The van der Waals surface area contributed by atoms with Crippen molar-refractivity contribution in [2.45, 2.75) is 26.8 Å². The minimum atomic E-state index is 0.264. The highest BCUT2D eigenvalue weighted by atomic mass is 35.5. The molecule has 0 aromatic carbocycles. The Morgan fingerprint density at radius 1 is 1.50 bits per heavy atom. The first kappa shape index (κ1) is 13.2. The van der Waals surface area contributed by atoms with E-state index in [1.165, 1.54) is 6.33 Å². The third-order valence-corrected chi connectivity index (χ3v) is 2.93. The van der Waals surface area contributed by atoms with Gasteiger partial charge in [0, 0.05) is 19.2 Å². The molecule has 4 nitrogen and oxygen atoms in total. The first-order valence-corrected chi connectivity index (χ1v) is 5.72. The molecular weight excluding hydrogens is 226 g/mol. The van der Waals surface area contributed by atoms with Crippen LogP contribution in [0, 0.1) is 6.92 Å². The fourth-order valence-corrected chi connectivity index (χ4v) is 1.84. The molecule has 0 aliphatic rings. The average molecular weight is 244 g/mol. The molecule has 1 heterocycles. The summed E-state index contributed by atoms with van der Waals surface area (Å²) in [5.41, 5.74) is 0.911. The Morgan fingerprint density at radius 3 is 2.75 bits per heavy atom. The Kier molecular flexibility index (Phi) is 4.96. The van der Waals surface area contributed by atoms with Crippen LogP contribution in [-0.2, 0) is 4.74 Å². The van der Waals surface area contributed by atoms with Crippen molar-refractivity contribution in [1.82, 2.24) is 9.97 Å². The van der Waals surface area contributed by atoms with E-state index in [9.17, 15) is 0 Å². The molecule has 1 aromatic heterocycles. The minimum Gasteiger partial charge on any atom is -0.383 e. The number of rotatable bonds is 5. The summed E-state index contributed by atoms with van der Waals surface area (Å²) in [5, 5.41) is 0.507. The van der Waals surface area contributed by atoms with E-state index >= 15 is 0 Å². The van der Waals surface area contributed by atoms with Crippen LogP contribution in [0.2, 0.25) is 5.15 Å². The van der Waals surface area contributed by atoms with Gasteiger partial charge in [0.15, 0.2) is 0 Å². The summed E-state index contributed by atoms with van der Waals surface area (Å²) in [6, 6.07) is 0.264. The summed E-state index contributed by atoms with van der Waals surface area (Å²) < 4.78 is 5.16. The molecule has 5 heteroatoms. The van der Waals surface area contributed by atoms with Crippen molar-refractivity contribution in [3.05, 3.63) is 17.0 Å². The molecule has 0 saturated carbocycles. The molecule has 1 atom stereocenters. The van der Waals surface area contributed by atoms with Crippen LogP contribution in [0.5, 0.6) is 0 Å². The summed E-state index contributed by atoms with van der Waals surface area (Å²) in [6.45, 7) is 7.64. The second-order valence-electron chi connectivity index (χ2n) is 3.70. The zero-order valence-electron chi connectivity index (χ0n) is 10.2. The highest BCUT2D eigenvalue weighted by Gasteiger charge is 2.17. The lowest BCUT2D eigenvalue weighted by Crippen LogP contribution is -2.37. The van der Waals surface area contributed by atoms with Crippen LogP contribution in [0.1, 0.15) is 19.4 Å². The van der Waals surface area contributed by atoms with Crippen LogP contribution in [0.3, 0.4) is 0 Å². The fraction of sp³-hybridized carbons (Fsp3) is 0.636. The van der Waals surface area contributed by atoms with Gasteiger partial charge in [-0.15, -0.1) is 0 Å². The van der Waals surface area contributed by atoms with Crippen molar-refractivity contribution < 1.29 is 4.74 Å². The molecule has 0 N–H and O–H groups in total. The summed E-state index contributed by atoms with van der Waals surface area (Å²) in [4.78, 5) is 10.4. The van der Waals surface area contributed by atoms with Gasteiger partial charge in [0.2, 0.25) is 0 Å². The molecular formula is C11H18ClN3O. The number of nitrogens with zero attached hydrogens (tertiary/aromatic N) is 3. The monoisotopic (exact) mass is 243 g/mol. The maximum absolute atomic E-state index is 5.99. The molecule has 1 aromatic rings. The predicted molar refractivity (Wildman–Crippen MR) is 66.1 cm³/mol. The van der Waals surface area contributed by atoms with Crippen molar-refractivity contribution in [2.24, 2.45) is 0 Å². The third-order valence-electron chi connectivity index (χ3n) is 2.55. The van der Waals surface area contributed by atoms with E-state index < -0.39 is 0 Å². The number of aromatic nitrogens is 2. The van der Waals surface area contributed by atoms with Gasteiger partial charge in [-0.05, 0) is 20.8 Å². The van der Waals surface area contributed by atoms with Crippen LogP contribution in [-0.4, -0.2) is 36.3 Å². The molecule has 1 rings (SSSR count). The van der Waals surface area contributed by atoms with E-state index in [0.29, 0.717) is 11.8 Å². The van der Waals surface area contributed by atoms with Crippen molar-refractivity contribution >= 4 is 17.4 Å². The van der Waals surface area contributed by atoms with E-state index in [-0.39, 0.29) is 6.04 Å². The van der Waals surface area contributed by atoms with E-state index in [0.717, 1.165) is 17.9 Å². The number of hydrogen-bond acceptors (Lipinski definition) is 4. The molecule has 1 unspecified atom stereocenters. The molecule has 0 spiro atoms. The van der Waals surface area contributed by atoms with Crippen LogP contribution >= 0.6 is 11.6 Å². The van der Waals surface area contributed by atoms with E-state index in [1.54, 1.807) is 7.11 Å². The highest BCUT2D eigenvalue weighted by Crippen LogP contribution is 2.23. The zero-order chi connectivity index (χ0) is 12.1. The fourth-order valence-electron chi connectivity index (χ4n) is 1.71. The van der Waals surface area contributed by atoms with Crippen molar-refractivity contribution in [3.8, 4) is 0 Å². The topological polar surface area (TPSA) is 38.2 Å². The summed E-state index contributed by atoms with van der Waals surface area (Å²) in [5.74, 6) is 0.882. The lowest BCUT2D eigenvalue weighted by Gasteiger charge is -2.29. The van der Waals surface area contributed by atoms with Gasteiger partial charge >= 0.3 is 0 Å². The lowest BCUT2D eigenvalue weighted by atomic mass is 10.2. The Balaban J connectivity index is 2.99. The SMILES string of the molecule is CCN(c1ncnc(Cl)c1C)C(C)COC. The van der Waals surface area contributed by atoms with Gasteiger partial charge in [0.25, 0.3) is 0 Å². The molecule has 0 radical (unpaired) electrons. The van der Waals surface area contributed by atoms with Crippen LogP contribution < -0.4 is 4.90 Å². The van der Waals surface area contributed by atoms with Crippen molar-refractivity contribution in [3.63, 3.8) is 0 Å². The van der Waals surface area contributed by atoms with Crippen LogP contribution in [0.15, 0.2) is 6.33 Å². The lowest BCUT2D eigenvalue weighted by molar-refractivity contribution is 0.181. The molecule has 90 valence electrons. The number of likely N-dealkylation sites (N-methyl/N-ethyl adjacent to an activating group) is 1. The molecule has 0 aliphatic heterocycles. The van der Waals surface area contributed by atoms with Gasteiger partial charge in [-0.3, -0.25) is 0 Å². The predicted octanol–water partition coefficient (Wildman–Crippen LogP) is 2.30. The summed E-state index contributed by atoms with van der Waals surface area (Å²) in [7, 11) is 1.70. The van der Waals surface area contributed by atoms with E-state index in [2.05, 4.69) is 28.7 Å². The van der Waals surface area contributed by atoms with E-state index in [4.69, 9.17) is 16.3 Å². The third kappa shape index (κ3) is 2.83. The van der Waals surface area contributed by atoms with Crippen LogP contribution in [0.4, 0.5) is 5.82 Å². The maximum Gasteiger partial charge on any atom is 0.137 e. The quantitative estimate of drug-likeness (QED) is 0.744. The Morgan fingerprint density at radius 2 is 2.19 bits per heavy atom. The Bertz CT molecular complexity index is 346. The van der Waals surface area contributed by atoms with Gasteiger partial charge in [0.05, 0.1) is 12.6 Å². The van der Waals surface area contributed by atoms with Crippen molar-refractivity contribution in [1.29, 1.82) is 0 Å². The normalized spacial score (nSPS) is 12.6. The largest absolute Gasteiger partial charge is 0.383 e. The Hall–Kier alpha value is -0.870. The molecule has 16 heavy (non-hydrogen) atoms. The molecule has 0 aliphatic carbocycles. The second kappa shape index (κ2) is 6.01.